The second-order valence-electron chi connectivity index (χ2n) is 7.02. The lowest BCUT2D eigenvalue weighted by atomic mass is 10.0. The van der Waals surface area contributed by atoms with Crippen LogP contribution in [0.4, 0.5) is 0 Å². The van der Waals surface area contributed by atoms with Crippen molar-refractivity contribution in [2.45, 2.75) is 31.7 Å². The van der Waals surface area contributed by atoms with E-state index in [1.807, 2.05) is 39.9 Å². The second-order valence-corrected chi connectivity index (χ2v) is 7.80. The first-order valence-corrected chi connectivity index (χ1v) is 10.6. The van der Waals surface area contributed by atoms with Gasteiger partial charge in [-0.05, 0) is 36.4 Å². The molecule has 0 spiro atoms. The topological polar surface area (TPSA) is 88.3 Å². The van der Waals surface area contributed by atoms with Crippen molar-refractivity contribution in [3.8, 4) is 11.4 Å². The van der Waals surface area contributed by atoms with Crippen LogP contribution in [0.3, 0.4) is 0 Å². The zero-order chi connectivity index (χ0) is 20.1. The van der Waals surface area contributed by atoms with Gasteiger partial charge in [-0.2, -0.15) is 16.3 Å². The molecule has 0 saturated carbocycles. The van der Waals surface area contributed by atoms with Crippen molar-refractivity contribution in [2.24, 2.45) is 0 Å². The van der Waals surface area contributed by atoms with Crippen molar-refractivity contribution in [2.75, 3.05) is 13.1 Å². The van der Waals surface area contributed by atoms with Crippen LogP contribution < -0.4 is 5.32 Å². The molecule has 0 radical (unpaired) electrons. The van der Waals surface area contributed by atoms with Crippen LogP contribution in [0, 0.1) is 0 Å². The highest BCUT2D eigenvalue weighted by atomic mass is 32.1. The molecule has 1 fully saturated rings. The van der Waals surface area contributed by atoms with Gasteiger partial charge in [0.1, 0.15) is 0 Å². The number of hydrogen-bond acceptors (Lipinski definition) is 6. The molecule has 4 rings (SSSR count). The van der Waals surface area contributed by atoms with Gasteiger partial charge in [-0.3, -0.25) is 9.59 Å². The number of aryl methyl sites for hydroxylation is 1. The Hall–Kier alpha value is -3.00. The molecule has 7 nitrogen and oxygen atoms in total. The first kappa shape index (κ1) is 19.3. The number of aromatic nitrogens is 2. The summed E-state index contributed by atoms with van der Waals surface area (Å²) < 4.78 is 5.25. The number of carbonyl (C=O) groups is 2. The Bertz CT molecular complexity index is 947. The summed E-state index contributed by atoms with van der Waals surface area (Å²) in [4.78, 5) is 31.0. The predicted molar refractivity (Wildman–Crippen MR) is 109 cm³/mol. The third kappa shape index (κ3) is 4.89. The van der Waals surface area contributed by atoms with E-state index in [4.69, 9.17) is 4.52 Å². The Balaban J connectivity index is 1.22. The number of hydrogen-bond donors (Lipinski definition) is 1. The highest BCUT2D eigenvalue weighted by molar-refractivity contribution is 7.08. The van der Waals surface area contributed by atoms with Gasteiger partial charge in [-0.1, -0.05) is 23.4 Å². The van der Waals surface area contributed by atoms with E-state index in [1.54, 1.807) is 23.5 Å². The second kappa shape index (κ2) is 9.00. The predicted octanol–water partition coefficient (Wildman–Crippen LogP) is 3.15. The number of carbonyl (C=O) groups excluding carboxylic acids is 2. The molecule has 3 aromatic rings. The lowest BCUT2D eigenvalue weighted by molar-refractivity contribution is -0.132. The first-order chi connectivity index (χ1) is 14.2. The fourth-order valence-electron chi connectivity index (χ4n) is 3.37. The standard InChI is InChI=1S/C21H22N4O3S/c26-19(7-6-18-23-20(24-28-18)16-10-13-29-14-16)25-11-8-17(9-12-25)22-21(27)15-4-2-1-3-5-15/h1-5,10,13-14,17H,6-9,11-12H2,(H,22,27). The highest BCUT2D eigenvalue weighted by Gasteiger charge is 2.24. The van der Waals surface area contributed by atoms with Crippen molar-refractivity contribution in [1.82, 2.24) is 20.4 Å². The molecule has 29 heavy (non-hydrogen) atoms. The Labute approximate surface area is 172 Å². The maximum Gasteiger partial charge on any atom is 0.251 e. The molecule has 1 aliphatic heterocycles. The minimum absolute atomic E-state index is 0.0619. The Morgan fingerprint density at radius 2 is 1.97 bits per heavy atom. The van der Waals surface area contributed by atoms with Gasteiger partial charge in [0.05, 0.1) is 0 Å². The van der Waals surface area contributed by atoms with Crippen LogP contribution in [-0.4, -0.2) is 46.0 Å². The maximum absolute atomic E-state index is 12.5. The monoisotopic (exact) mass is 410 g/mol. The van der Waals surface area contributed by atoms with Gasteiger partial charge in [0.15, 0.2) is 0 Å². The third-order valence-electron chi connectivity index (χ3n) is 5.02. The Morgan fingerprint density at radius 1 is 1.17 bits per heavy atom. The van der Waals surface area contributed by atoms with Crippen LogP contribution in [0.15, 0.2) is 51.7 Å². The average molecular weight is 410 g/mol. The summed E-state index contributed by atoms with van der Waals surface area (Å²) in [5, 5.41) is 10.9. The number of nitrogens with zero attached hydrogens (tertiary/aromatic N) is 3. The smallest absolute Gasteiger partial charge is 0.251 e. The normalized spacial score (nSPS) is 14.7. The molecule has 3 heterocycles. The zero-order valence-electron chi connectivity index (χ0n) is 15.9. The number of amides is 2. The average Bonchev–Trinajstić information content (AvgIpc) is 3.45. The number of rotatable bonds is 6. The number of nitrogens with one attached hydrogen (secondary N) is 1. The molecule has 0 atom stereocenters. The summed E-state index contributed by atoms with van der Waals surface area (Å²) in [7, 11) is 0. The molecular formula is C21H22N4O3S. The molecule has 2 aromatic heterocycles. The van der Waals surface area contributed by atoms with E-state index in [2.05, 4.69) is 15.5 Å². The van der Waals surface area contributed by atoms with E-state index < -0.39 is 0 Å². The van der Waals surface area contributed by atoms with Crippen LogP contribution in [0.5, 0.6) is 0 Å². The Kier molecular flexibility index (Phi) is 6.00. The summed E-state index contributed by atoms with van der Waals surface area (Å²) in [6.07, 6.45) is 2.29. The highest BCUT2D eigenvalue weighted by Crippen LogP contribution is 2.19. The minimum Gasteiger partial charge on any atom is -0.349 e. The summed E-state index contributed by atoms with van der Waals surface area (Å²) in [6, 6.07) is 11.2. The molecule has 1 aromatic carbocycles. The van der Waals surface area contributed by atoms with E-state index in [1.165, 1.54) is 0 Å². The number of likely N-dealkylation sites (tertiary alicyclic amines) is 1. The summed E-state index contributed by atoms with van der Waals surface area (Å²) in [5.41, 5.74) is 1.59. The van der Waals surface area contributed by atoms with Crippen molar-refractivity contribution >= 4 is 23.2 Å². The molecule has 1 saturated heterocycles. The first-order valence-electron chi connectivity index (χ1n) is 9.68. The molecule has 0 bridgehead atoms. The fourth-order valence-corrected chi connectivity index (χ4v) is 4.00. The largest absolute Gasteiger partial charge is 0.349 e. The van der Waals surface area contributed by atoms with Crippen LogP contribution in [0.25, 0.3) is 11.4 Å². The van der Waals surface area contributed by atoms with Gasteiger partial charge < -0.3 is 14.7 Å². The van der Waals surface area contributed by atoms with Crippen LogP contribution in [0.2, 0.25) is 0 Å². The molecule has 8 heteroatoms. The summed E-state index contributed by atoms with van der Waals surface area (Å²) in [5.74, 6) is 1.05. The van der Waals surface area contributed by atoms with Gasteiger partial charge in [0.25, 0.3) is 5.91 Å². The van der Waals surface area contributed by atoms with E-state index in [0.717, 1.165) is 18.4 Å². The van der Waals surface area contributed by atoms with Gasteiger partial charge in [0, 0.05) is 48.5 Å². The van der Waals surface area contributed by atoms with Gasteiger partial charge in [-0.15, -0.1) is 0 Å². The van der Waals surface area contributed by atoms with E-state index in [9.17, 15) is 9.59 Å². The third-order valence-corrected chi connectivity index (χ3v) is 5.70. The maximum atomic E-state index is 12.5. The molecule has 1 N–H and O–H groups in total. The van der Waals surface area contributed by atoms with Gasteiger partial charge >= 0.3 is 0 Å². The molecule has 150 valence electrons. The van der Waals surface area contributed by atoms with Crippen molar-refractivity contribution in [3.05, 3.63) is 58.6 Å². The van der Waals surface area contributed by atoms with Crippen LogP contribution >= 0.6 is 11.3 Å². The molecular weight excluding hydrogens is 388 g/mol. The molecule has 0 unspecified atom stereocenters. The number of thiophene rings is 1. The fraction of sp³-hybridized carbons (Fsp3) is 0.333. The lowest BCUT2D eigenvalue weighted by Crippen LogP contribution is -2.46. The van der Waals surface area contributed by atoms with E-state index in [-0.39, 0.29) is 17.9 Å². The molecule has 1 aliphatic rings. The van der Waals surface area contributed by atoms with Crippen molar-refractivity contribution < 1.29 is 14.1 Å². The van der Waals surface area contributed by atoms with E-state index >= 15 is 0 Å². The summed E-state index contributed by atoms with van der Waals surface area (Å²) in [6.45, 7) is 1.28. The van der Waals surface area contributed by atoms with Crippen molar-refractivity contribution in [1.29, 1.82) is 0 Å². The molecule has 2 amide bonds. The van der Waals surface area contributed by atoms with Gasteiger partial charge in [0.2, 0.25) is 17.6 Å². The molecule has 0 aliphatic carbocycles. The quantitative estimate of drug-likeness (QED) is 0.674. The number of piperidine rings is 1. The van der Waals surface area contributed by atoms with Crippen LogP contribution in [0.1, 0.15) is 35.5 Å². The van der Waals surface area contributed by atoms with Crippen molar-refractivity contribution in [3.63, 3.8) is 0 Å². The van der Waals surface area contributed by atoms with Gasteiger partial charge in [-0.25, -0.2) is 0 Å². The van der Waals surface area contributed by atoms with E-state index in [0.29, 0.717) is 43.2 Å². The zero-order valence-corrected chi connectivity index (χ0v) is 16.7. The lowest BCUT2D eigenvalue weighted by Gasteiger charge is -2.32. The Morgan fingerprint density at radius 3 is 2.69 bits per heavy atom. The SMILES string of the molecule is O=C(NC1CCN(C(=O)CCc2nc(-c3ccsc3)no2)CC1)c1ccccc1. The summed E-state index contributed by atoms with van der Waals surface area (Å²) >= 11 is 1.57. The van der Waals surface area contributed by atoms with Crippen LogP contribution in [-0.2, 0) is 11.2 Å². The minimum atomic E-state index is -0.0619. The number of benzene rings is 1.